The number of fused-ring (bicyclic) bond motifs is 2. The normalized spacial score (nSPS) is 24.5. The van der Waals surface area contributed by atoms with Gasteiger partial charge in [-0.3, -0.25) is 4.79 Å². The molecule has 2 aromatic rings. The molecule has 28 heavy (non-hydrogen) atoms. The van der Waals surface area contributed by atoms with Gasteiger partial charge in [0.1, 0.15) is 10.8 Å². The van der Waals surface area contributed by atoms with Gasteiger partial charge in [0.2, 0.25) is 5.91 Å². The number of piperidine rings is 1. The molecule has 3 heterocycles. The monoisotopic (exact) mass is 423 g/mol. The third-order valence-electron chi connectivity index (χ3n) is 5.74. The molecule has 1 aromatic carbocycles. The number of nitrogens with zero attached hydrogens (tertiary/aromatic N) is 1. The van der Waals surface area contributed by atoms with Gasteiger partial charge < -0.3 is 10.6 Å². The van der Waals surface area contributed by atoms with E-state index in [4.69, 9.17) is 0 Å². The first-order valence-electron chi connectivity index (χ1n) is 9.76. The SMILES string of the molecule is Cc1nc(-c2ccc(F)cc2)sc1C(C)NC(=O)CC1CC2CCC(C1)N2.Cl. The van der Waals surface area contributed by atoms with E-state index in [1.807, 2.05) is 13.8 Å². The zero-order valence-corrected chi connectivity index (χ0v) is 17.8. The van der Waals surface area contributed by atoms with Crippen LogP contribution in [0, 0.1) is 18.7 Å². The van der Waals surface area contributed by atoms with E-state index in [1.165, 1.54) is 25.0 Å². The quantitative estimate of drug-likeness (QED) is 0.727. The first-order chi connectivity index (χ1) is 13.0. The number of halogens is 2. The molecule has 0 radical (unpaired) electrons. The molecule has 0 spiro atoms. The maximum Gasteiger partial charge on any atom is 0.220 e. The Bertz CT molecular complexity index is 814. The van der Waals surface area contributed by atoms with Crippen LogP contribution in [-0.4, -0.2) is 23.0 Å². The van der Waals surface area contributed by atoms with E-state index < -0.39 is 0 Å². The molecule has 0 aliphatic carbocycles. The van der Waals surface area contributed by atoms with Crippen LogP contribution in [0.25, 0.3) is 10.6 Å². The van der Waals surface area contributed by atoms with Crippen LogP contribution in [0.3, 0.4) is 0 Å². The largest absolute Gasteiger partial charge is 0.349 e. The molecule has 2 aliphatic heterocycles. The van der Waals surface area contributed by atoms with E-state index in [0.717, 1.165) is 34.0 Å². The van der Waals surface area contributed by atoms with Crippen LogP contribution in [0.1, 0.15) is 55.6 Å². The number of benzene rings is 1. The lowest BCUT2D eigenvalue weighted by Crippen LogP contribution is -2.40. The molecule has 1 amide bonds. The van der Waals surface area contributed by atoms with Crippen molar-refractivity contribution in [1.29, 1.82) is 0 Å². The average molecular weight is 424 g/mol. The highest BCUT2D eigenvalue weighted by Gasteiger charge is 2.34. The van der Waals surface area contributed by atoms with Crippen molar-refractivity contribution in [2.45, 2.75) is 64.1 Å². The fraction of sp³-hybridized carbons (Fsp3) is 0.524. The summed E-state index contributed by atoms with van der Waals surface area (Å²) in [6.45, 7) is 3.98. The number of carbonyl (C=O) groups excluding carboxylic acids is 1. The third kappa shape index (κ3) is 4.73. The van der Waals surface area contributed by atoms with E-state index in [1.54, 1.807) is 23.5 Å². The Morgan fingerprint density at radius 1 is 1.29 bits per heavy atom. The Morgan fingerprint density at radius 2 is 1.93 bits per heavy atom. The summed E-state index contributed by atoms with van der Waals surface area (Å²) in [5.74, 6) is 0.373. The number of amides is 1. The number of hydrogen-bond acceptors (Lipinski definition) is 4. The topological polar surface area (TPSA) is 54.0 Å². The van der Waals surface area contributed by atoms with Gasteiger partial charge in [-0.2, -0.15) is 0 Å². The molecule has 2 fully saturated rings. The summed E-state index contributed by atoms with van der Waals surface area (Å²) in [6, 6.07) is 7.54. The third-order valence-corrected chi connectivity index (χ3v) is 7.13. The van der Waals surface area contributed by atoms with Gasteiger partial charge in [-0.05, 0) is 69.7 Å². The summed E-state index contributed by atoms with van der Waals surface area (Å²) in [7, 11) is 0. The van der Waals surface area contributed by atoms with Crippen molar-refractivity contribution < 1.29 is 9.18 Å². The second-order valence-corrected chi connectivity index (χ2v) is 8.97. The second kappa shape index (κ2) is 8.89. The number of thiazole rings is 1. The molecule has 3 unspecified atom stereocenters. The molecule has 3 atom stereocenters. The molecule has 1 aromatic heterocycles. The predicted molar refractivity (Wildman–Crippen MR) is 113 cm³/mol. The van der Waals surface area contributed by atoms with Crippen molar-refractivity contribution in [3.63, 3.8) is 0 Å². The van der Waals surface area contributed by atoms with Crippen LogP contribution in [0.2, 0.25) is 0 Å². The Kier molecular flexibility index (Phi) is 6.73. The van der Waals surface area contributed by atoms with Gasteiger partial charge in [0, 0.05) is 24.1 Å². The lowest BCUT2D eigenvalue weighted by atomic mass is 9.89. The minimum absolute atomic E-state index is 0. The number of rotatable bonds is 5. The average Bonchev–Trinajstić information content (AvgIpc) is 3.17. The van der Waals surface area contributed by atoms with Crippen LogP contribution in [-0.2, 0) is 4.79 Å². The highest BCUT2D eigenvalue weighted by Crippen LogP contribution is 2.34. The summed E-state index contributed by atoms with van der Waals surface area (Å²) in [4.78, 5) is 18.2. The fourth-order valence-electron chi connectivity index (χ4n) is 4.50. The minimum Gasteiger partial charge on any atom is -0.349 e. The Hall–Kier alpha value is -1.50. The van der Waals surface area contributed by atoms with Crippen molar-refractivity contribution in [1.82, 2.24) is 15.6 Å². The van der Waals surface area contributed by atoms with Gasteiger partial charge in [-0.25, -0.2) is 9.37 Å². The van der Waals surface area contributed by atoms with Crippen LogP contribution >= 0.6 is 23.7 Å². The highest BCUT2D eigenvalue weighted by atomic mass is 35.5. The first kappa shape index (κ1) is 21.2. The Morgan fingerprint density at radius 3 is 2.57 bits per heavy atom. The molecule has 0 saturated carbocycles. The van der Waals surface area contributed by atoms with E-state index >= 15 is 0 Å². The van der Waals surface area contributed by atoms with Gasteiger partial charge in [0.05, 0.1) is 16.6 Å². The maximum absolute atomic E-state index is 13.1. The molecule has 2 bridgehead atoms. The van der Waals surface area contributed by atoms with E-state index in [-0.39, 0.29) is 30.2 Å². The van der Waals surface area contributed by atoms with Gasteiger partial charge in [0.25, 0.3) is 0 Å². The zero-order chi connectivity index (χ0) is 19.0. The van der Waals surface area contributed by atoms with Crippen LogP contribution in [0.15, 0.2) is 24.3 Å². The van der Waals surface area contributed by atoms with Crippen LogP contribution < -0.4 is 10.6 Å². The molecular weight excluding hydrogens is 397 g/mol. The van der Waals surface area contributed by atoms with Crippen molar-refractivity contribution in [3.8, 4) is 10.6 Å². The first-order valence-corrected chi connectivity index (χ1v) is 10.6. The maximum atomic E-state index is 13.1. The molecule has 4 nitrogen and oxygen atoms in total. The summed E-state index contributed by atoms with van der Waals surface area (Å²) < 4.78 is 13.1. The molecule has 4 rings (SSSR count). The van der Waals surface area contributed by atoms with Crippen molar-refractivity contribution in [3.05, 3.63) is 40.7 Å². The van der Waals surface area contributed by atoms with E-state index in [9.17, 15) is 9.18 Å². The number of aromatic nitrogens is 1. The summed E-state index contributed by atoms with van der Waals surface area (Å²) in [5, 5.41) is 7.65. The van der Waals surface area contributed by atoms with E-state index in [0.29, 0.717) is 24.4 Å². The summed E-state index contributed by atoms with van der Waals surface area (Å²) in [5.41, 5.74) is 1.83. The zero-order valence-electron chi connectivity index (χ0n) is 16.2. The Balaban J connectivity index is 0.00000225. The number of hydrogen-bond donors (Lipinski definition) is 2. The predicted octanol–water partition coefficient (Wildman–Crippen LogP) is 4.78. The minimum atomic E-state index is -0.251. The second-order valence-electron chi connectivity index (χ2n) is 7.94. The van der Waals surface area contributed by atoms with Crippen LogP contribution in [0.5, 0.6) is 0 Å². The van der Waals surface area contributed by atoms with Crippen LogP contribution in [0.4, 0.5) is 4.39 Å². The molecule has 2 saturated heterocycles. The van der Waals surface area contributed by atoms with E-state index in [2.05, 4.69) is 15.6 Å². The lowest BCUT2D eigenvalue weighted by molar-refractivity contribution is -0.122. The summed E-state index contributed by atoms with van der Waals surface area (Å²) in [6.07, 6.45) is 5.36. The lowest BCUT2D eigenvalue weighted by Gasteiger charge is -2.29. The fourth-order valence-corrected chi connectivity index (χ4v) is 5.57. The highest BCUT2D eigenvalue weighted by molar-refractivity contribution is 7.15. The molecule has 2 N–H and O–H groups in total. The molecule has 7 heteroatoms. The Labute approximate surface area is 175 Å². The number of nitrogens with one attached hydrogen (secondary N) is 2. The van der Waals surface area contributed by atoms with Gasteiger partial charge >= 0.3 is 0 Å². The summed E-state index contributed by atoms with van der Waals surface area (Å²) >= 11 is 1.57. The molecule has 2 aliphatic rings. The number of carbonyl (C=O) groups is 1. The standard InChI is InChI=1S/C21H26FN3OS.ClH/c1-12(23-19(26)11-14-9-17-7-8-18(10-14)25-17)20-13(2)24-21(27-20)15-3-5-16(22)6-4-15;/h3-6,12,14,17-18,25H,7-11H2,1-2H3,(H,23,26);1H. The molecular formula is C21H27ClFN3OS. The smallest absolute Gasteiger partial charge is 0.220 e. The van der Waals surface area contributed by atoms with Gasteiger partial charge in [-0.15, -0.1) is 23.7 Å². The van der Waals surface area contributed by atoms with Crippen molar-refractivity contribution in [2.75, 3.05) is 0 Å². The van der Waals surface area contributed by atoms with Crippen molar-refractivity contribution >= 4 is 29.7 Å². The van der Waals surface area contributed by atoms with Gasteiger partial charge in [-0.1, -0.05) is 0 Å². The number of aryl methyl sites for hydroxylation is 1. The molecule has 152 valence electrons. The van der Waals surface area contributed by atoms with Gasteiger partial charge in [0.15, 0.2) is 0 Å². The van der Waals surface area contributed by atoms with Crippen molar-refractivity contribution in [2.24, 2.45) is 5.92 Å².